The summed E-state index contributed by atoms with van der Waals surface area (Å²) in [6.45, 7) is 2.15. The number of esters is 1. The van der Waals surface area contributed by atoms with E-state index in [9.17, 15) is 4.79 Å². The Labute approximate surface area is 104 Å². The molecule has 0 radical (unpaired) electrons. The third kappa shape index (κ3) is 2.98. The van der Waals surface area contributed by atoms with E-state index < -0.39 is 0 Å². The van der Waals surface area contributed by atoms with Crippen molar-refractivity contribution in [2.24, 2.45) is 0 Å². The molecule has 0 spiro atoms. The molecular weight excluding hydrogens is 272 g/mol. The summed E-state index contributed by atoms with van der Waals surface area (Å²) < 4.78 is 10.2. The molecule has 0 amide bonds. The van der Waals surface area contributed by atoms with Crippen LogP contribution in [-0.4, -0.2) is 25.0 Å². The molecule has 1 rings (SSSR count). The summed E-state index contributed by atoms with van der Waals surface area (Å²) >= 11 is 3.36. The first kappa shape index (κ1) is 13.0. The largest absolute Gasteiger partial charge is 0.496 e. The molecule has 0 N–H and O–H groups in total. The molecule has 1 aromatic rings. The van der Waals surface area contributed by atoms with Crippen LogP contribution >= 0.6 is 15.9 Å². The van der Waals surface area contributed by atoms with Gasteiger partial charge in [0, 0.05) is 5.33 Å². The fourth-order valence-corrected chi connectivity index (χ4v) is 1.92. The maximum absolute atomic E-state index is 11.8. The molecule has 0 aromatic heterocycles. The molecule has 16 heavy (non-hydrogen) atoms. The van der Waals surface area contributed by atoms with E-state index in [-0.39, 0.29) is 5.97 Å². The van der Waals surface area contributed by atoms with Crippen molar-refractivity contribution in [1.82, 2.24) is 0 Å². The van der Waals surface area contributed by atoms with Gasteiger partial charge in [-0.15, -0.1) is 0 Å². The van der Waals surface area contributed by atoms with Gasteiger partial charge >= 0.3 is 5.97 Å². The summed E-state index contributed by atoms with van der Waals surface area (Å²) in [5.41, 5.74) is 1.47. The second-order valence-electron chi connectivity index (χ2n) is 3.15. The van der Waals surface area contributed by atoms with E-state index in [4.69, 9.17) is 9.47 Å². The van der Waals surface area contributed by atoms with Gasteiger partial charge in [0.1, 0.15) is 11.3 Å². The smallest absolute Gasteiger partial charge is 0.342 e. The van der Waals surface area contributed by atoms with Crippen LogP contribution in [0.3, 0.4) is 0 Å². The molecule has 0 aliphatic heterocycles. The number of carbonyl (C=O) groups is 1. The van der Waals surface area contributed by atoms with Crippen LogP contribution in [-0.2, 0) is 11.2 Å². The van der Waals surface area contributed by atoms with Gasteiger partial charge in [0.05, 0.1) is 13.7 Å². The topological polar surface area (TPSA) is 35.5 Å². The summed E-state index contributed by atoms with van der Waals surface area (Å²) in [4.78, 5) is 11.8. The number of methoxy groups -OCH3 is 1. The lowest BCUT2D eigenvalue weighted by molar-refractivity contribution is 0.0521. The third-order valence-electron chi connectivity index (χ3n) is 2.18. The minimum atomic E-state index is -0.323. The van der Waals surface area contributed by atoms with Gasteiger partial charge in [-0.1, -0.05) is 28.1 Å². The fraction of sp³-hybridized carbons (Fsp3) is 0.417. The molecule has 0 unspecified atom stereocenters. The van der Waals surface area contributed by atoms with E-state index in [1.54, 1.807) is 20.1 Å². The predicted octanol–water partition coefficient (Wildman–Crippen LogP) is 2.81. The number of hydrogen-bond donors (Lipinski definition) is 0. The second-order valence-corrected chi connectivity index (χ2v) is 3.95. The van der Waals surface area contributed by atoms with Gasteiger partial charge < -0.3 is 9.47 Å². The molecule has 1 aromatic carbocycles. The third-order valence-corrected chi connectivity index (χ3v) is 2.57. The summed E-state index contributed by atoms with van der Waals surface area (Å²) in [7, 11) is 1.55. The Kier molecular flexibility index (Phi) is 5.32. The highest BCUT2D eigenvalue weighted by Gasteiger charge is 2.17. The van der Waals surface area contributed by atoms with E-state index in [2.05, 4.69) is 15.9 Å². The van der Waals surface area contributed by atoms with E-state index in [0.717, 1.165) is 17.3 Å². The maximum Gasteiger partial charge on any atom is 0.342 e. The van der Waals surface area contributed by atoms with Crippen LogP contribution in [0.15, 0.2) is 18.2 Å². The molecule has 0 aliphatic carbocycles. The monoisotopic (exact) mass is 286 g/mol. The predicted molar refractivity (Wildman–Crippen MR) is 66.4 cm³/mol. The highest BCUT2D eigenvalue weighted by atomic mass is 79.9. The Morgan fingerprint density at radius 1 is 1.44 bits per heavy atom. The van der Waals surface area contributed by atoms with Crippen molar-refractivity contribution >= 4 is 21.9 Å². The number of rotatable bonds is 5. The lowest BCUT2D eigenvalue weighted by Crippen LogP contribution is -2.10. The number of ether oxygens (including phenoxy) is 2. The van der Waals surface area contributed by atoms with Crippen LogP contribution in [0.1, 0.15) is 22.8 Å². The maximum atomic E-state index is 11.8. The van der Waals surface area contributed by atoms with Crippen molar-refractivity contribution in [3.8, 4) is 5.75 Å². The minimum Gasteiger partial charge on any atom is -0.496 e. The molecule has 0 aliphatic rings. The lowest BCUT2D eigenvalue weighted by Gasteiger charge is -2.11. The van der Waals surface area contributed by atoms with E-state index in [1.165, 1.54) is 0 Å². The Bertz CT molecular complexity index is 363. The van der Waals surface area contributed by atoms with Crippen LogP contribution in [0.25, 0.3) is 0 Å². The lowest BCUT2D eigenvalue weighted by atomic mass is 10.0. The van der Waals surface area contributed by atoms with Crippen LogP contribution in [0.5, 0.6) is 5.75 Å². The summed E-state index contributed by atoms with van der Waals surface area (Å²) in [6, 6.07) is 5.56. The zero-order valence-corrected chi connectivity index (χ0v) is 11.0. The van der Waals surface area contributed by atoms with Crippen molar-refractivity contribution in [2.75, 3.05) is 19.0 Å². The molecule has 0 heterocycles. The highest BCUT2D eigenvalue weighted by Crippen LogP contribution is 2.24. The van der Waals surface area contributed by atoms with Gasteiger partial charge in [-0.05, 0) is 25.0 Å². The Hall–Kier alpha value is -1.03. The van der Waals surface area contributed by atoms with Crippen molar-refractivity contribution < 1.29 is 14.3 Å². The number of alkyl halides is 1. The van der Waals surface area contributed by atoms with Crippen molar-refractivity contribution in [3.63, 3.8) is 0 Å². The molecular formula is C12H15BrO3. The summed E-state index contributed by atoms with van der Waals surface area (Å²) in [5.74, 6) is 0.243. The van der Waals surface area contributed by atoms with Gasteiger partial charge in [0.2, 0.25) is 0 Å². The van der Waals surface area contributed by atoms with E-state index in [0.29, 0.717) is 17.9 Å². The van der Waals surface area contributed by atoms with Gasteiger partial charge in [-0.3, -0.25) is 0 Å². The molecule has 0 bridgehead atoms. The number of benzene rings is 1. The van der Waals surface area contributed by atoms with Gasteiger partial charge in [0.25, 0.3) is 0 Å². The normalized spacial score (nSPS) is 9.94. The van der Waals surface area contributed by atoms with Crippen molar-refractivity contribution in [1.29, 1.82) is 0 Å². The average molecular weight is 287 g/mol. The first-order valence-corrected chi connectivity index (χ1v) is 6.25. The Balaban J connectivity index is 3.13. The van der Waals surface area contributed by atoms with Crippen LogP contribution in [0.2, 0.25) is 0 Å². The molecule has 4 heteroatoms. The standard InChI is InChI=1S/C12H15BrO3/c1-3-16-12(14)11-9(7-8-13)5-4-6-10(11)15-2/h4-6H,3,7-8H2,1-2H3. The molecule has 3 nitrogen and oxygen atoms in total. The number of halogens is 1. The minimum absolute atomic E-state index is 0.323. The second kappa shape index (κ2) is 6.53. The van der Waals surface area contributed by atoms with Crippen LogP contribution in [0, 0.1) is 0 Å². The average Bonchev–Trinajstić information content (AvgIpc) is 2.29. The molecule has 0 saturated carbocycles. The zero-order chi connectivity index (χ0) is 12.0. The SMILES string of the molecule is CCOC(=O)c1c(CCBr)cccc1OC. The fourth-order valence-electron chi connectivity index (χ4n) is 1.49. The van der Waals surface area contributed by atoms with Crippen LogP contribution in [0.4, 0.5) is 0 Å². The molecule has 0 atom stereocenters. The van der Waals surface area contributed by atoms with Gasteiger partial charge in [-0.2, -0.15) is 0 Å². The first-order chi connectivity index (χ1) is 7.74. The van der Waals surface area contributed by atoms with Crippen molar-refractivity contribution in [2.45, 2.75) is 13.3 Å². The van der Waals surface area contributed by atoms with Crippen molar-refractivity contribution in [3.05, 3.63) is 29.3 Å². The zero-order valence-electron chi connectivity index (χ0n) is 9.46. The molecule has 88 valence electrons. The Morgan fingerprint density at radius 2 is 2.19 bits per heavy atom. The number of hydrogen-bond acceptors (Lipinski definition) is 3. The van der Waals surface area contributed by atoms with Gasteiger partial charge in [0.15, 0.2) is 0 Å². The van der Waals surface area contributed by atoms with E-state index >= 15 is 0 Å². The quantitative estimate of drug-likeness (QED) is 0.617. The van der Waals surface area contributed by atoms with E-state index in [1.807, 2.05) is 12.1 Å². The molecule has 0 saturated heterocycles. The van der Waals surface area contributed by atoms with Gasteiger partial charge in [-0.25, -0.2) is 4.79 Å². The Morgan fingerprint density at radius 3 is 2.75 bits per heavy atom. The molecule has 0 fully saturated rings. The highest BCUT2D eigenvalue weighted by molar-refractivity contribution is 9.09. The summed E-state index contributed by atoms with van der Waals surface area (Å²) in [5, 5.41) is 0.798. The number of carbonyl (C=O) groups excluding carboxylic acids is 1. The summed E-state index contributed by atoms with van der Waals surface area (Å²) in [6.07, 6.45) is 0.769. The first-order valence-electron chi connectivity index (χ1n) is 5.13. The van der Waals surface area contributed by atoms with Crippen LogP contribution < -0.4 is 4.74 Å². The number of aryl methyl sites for hydroxylation is 1.